The van der Waals surface area contributed by atoms with Gasteiger partial charge in [0.15, 0.2) is 11.5 Å². The predicted octanol–water partition coefficient (Wildman–Crippen LogP) is 2.63. The fourth-order valence-electron chi connectivity index (χ4n) is 1.54. The molecule has 18 heavy (non-hydrogen) atoms. The predicted molar refractivity (Wildman–Crippen MR) is 75.3 cm³/mol. The van der Waals surface area contributed by atoms with Gasteiger partial charge in [0, 0.05) is 24.2 Å². The molecule has 0 bridgehead atoms. The smallest absolute Gasteiger partial charge is 0.164 e. The van der Waals surface area contributed by atoms with Crippen LogP contribution in [-0.2, 0) is 6.54 Å². The normalized spacial score (nSPS) is 9.89. The zero-order valence-corrected chi connectivity index (χ0v) is 12.4. The molecule has 0 aromatic heterocycles. The molecule has 0 atom stereocenters. The van der Waals surface area contributed by atoms with E-state index < -0.39 is 0 Å². The minimum absolute atomic E-state index is 0. The Balaban J connectivity index is 0.00000289. The monoisotopic (exact) mass is 275 g/mol. The van der Waals surface area contributed by atoms with Crippen molar-refractivity contribution in [1.82, 2.24) is 5.32 Å². The summed E-state index contributed by atoms with van der Waals surface area (Å²) in [6.45, 7) is 4.95. The van der Waals surface area contributed by atoms with E-state index in [0.717, 1.165) is 17.9 Å². The zero-order chi connectivity index (χ0) is 12.8. The van der Waals surface area contributed by atoms with Crippen LogP contribution in [0.15, 0.2) is 12.1 Å². The highest BCUT2D eigenvalue weighted by atomic mass is 35.5. The molecule has 0 unspecified atom stereocenters. The number of halogens is 1. The molecule has 1 rings (SSSR count). The van der Waals surface area contributed by atoms with Gasteiger partial charge in [0.1, 0.15) is 5.75 Å². The third kappa shape index (κ3) is 4.27. The fraction of sp³-hybridized carbons (Fsp3) is 0.538. The molecule has 0 spiro atoms. The Hall–Kier alpha value is -1.13. The van der Waals surface area contributed by atoms with Crippen LogP contribution in [0.3, 0.4) is 0 Å². The molecule has 0 aliphatic carbocycles. The van der Waals surface area contributed by atoms with E-state index in [1.54, 1.807) is 21.3 Å². The number of hydrogen-bond donors (Lipinski definition) is 1. The molecule has 1 aromatic carbocycles. The van der Waals surface area contributed by atoms with Crippen LogP contribution in [-0.4, -0.2) is 27.4 Å². The van der Waals surface area contributed by atoms with Crippen molar-refractivity contribution in [3.05, 3.63) is 17.7 Å². The van der Waals surface area contributed by atoms with Crippen molar-refractivity contribution in [1.29, 1.82) is 0 Å². The second kappa shape index (κ2) is 8.06. The van der Waals surface area contributed by atoms with E-state index in [9.17, 15) is 0 Å². The molecule has 0 aliphatic rings. The van der Waals surface area contributed by atoms with Gasteiger partial charge in [-0.15, -0.1) is 12.4 Å². The van der Waals surface area contributed by atoms with Gasteiger partial charge < -0.3 is 19.5 Å². The maximum Gasteiger partial charge on any atom is 0.164 e. The molecule has 0 saturated carbocycles. The number of ether oxygens (including phenoxy) is 3. The molecule has 0 heterocycles. The Morgan fingerprint density at radius 3 is 1.89 bits per heavy atom. The lowest BCUT2D eigenvalue weighted by Gasteiger charge is -2.15. The van der Waals surface area contributed by atoms with E-state index >= 15 is 0 Å². The van der Waals surface area contributed by atoms with E-state index in [-0.39, 0.29) is 12.4 Å². The van der Waals surface area contributed by atoms with Crippen LogP contribution in [0.5, 0.6) is 17.2 Å². The third-order valence-electron chi connectivity index (χ3n) is 2.49. The highest BCUT2D eigenvalue weighted by Gasteiger charge is 2.11. The Labute approximate surface area is 115 Å². The maximum absolute atomic E-state index is 5.34. The number of nitrogens with one attached hydrogen (secondary N) is 1. The van der Waals surface area contributed by atoms with E-state index in [4.69, 9.17) is 14.2 Å². The minimum atomic E-state index is 0. The van der Waals surface area contributed by atoms with Crippen LogP contribution < -0.4 is 19.5 Å². The molecule has 5 heteroatoms. The summed E-state index contributed by atoms with van der Waals surface area (Å²) in [6.07, 6.45) is 0. The average Bonchev–Trinajstić information content (AvgIpc) is 2.34. The molecule has 0 fully saturated rings. The van der Waals surface area contributed by atoms with E-state index in [1.165, 1.54) is 0 Å². The van der Waals surface area contributed by atoms with Crippen LogP contribution in [0.4, 0.5) is 0 Å². The molecule has 0 saturated heterocycles. The molecule has 104 valence electrons. The fourth-order valence-corrected chi connectivity index (χ4v) is 1.54. The SMILES string of the molecule is COc1cc(OC)c(OC)cc1CNC(C)C.Cl. The summed E-state index contributed by atoms with van der Waals surface area (Å²) in [7, 11) is 4.90. The molecular formula is C13H22ClNO3. The quantitative estimate of drug-likeness (QED) is 0.866. The standard InChI is InChI=1S/C13H21NO3.ClH/c1-9(2)14-8-10-6-12(16-4)13(17-5)7-11(10)15-3;/h6-7,9,14H,8H2,1-5H3;1H. The van der Waals surface area contributed by atoms with Gasteiger partial charge in [-0.3, -0.25) is 0 Å². The van der Waals surface area contributed by atoms with Crippen LogP contribution in [0, 0.1) is 0 Å². The first-order chi connectivity index (χ1) is 8.12. The third-order valence-corrected chi connectivity index (χ3v) is 2.49. The van der Waals surface area contributed by atoms with Gasteiger partial charge in [0.2, 0.25) is 0 Å². The highest BCUT2D eigenvalue weighted by Crippen LogP contribution is 2.34. The van der Waals surface area contributed by atoms with E-state index in [2.05, 4.69) is 19.2 Å². The first-order valence-electron chi connectivity index (χ1n) is 5.64. The summed E-state index contributed by atoms with van der Waals surface area (Å²) in [5.74, 6) is 2.20. The molecule has 0 radical (unpaired) electrons. The largest absolute Gasteiger partial charge is 0.496 e. The van der Waals surface area contributed by atoms with Crippen molar-refractivity contribution in [2.45, 2.75) is 26.4 Å². The van der Waals surface area contributed by atoms with Gasteiger partial charge in [0.05, 0.1) is 21.3 Å². The number of methoxy groups -OCH3 is 3. The Morgan fingerprint density at radius 2 is 1.44 bits per heavy atom. The summed E-state index contributed by atoms with van der Waals surface area (Å²) in [5.41, 5.74) is 1.05. The number of hydrogen-bond acceptors (Lipinski definition) is 4. The van der Waals surface area contributed by atoms with Crippen LogP contribution in [0.2, 0.25) is 0 Å². The Bertz CT molecular complexity index is 369. The summed E-state index contributed by atoms with van der Waals surface area (Å²) < 4.78 is 15.9. The van der Waals surface area contributed by atoms with Gasteiger partial charge in [-0.05, 0) is 6.07 Å². The van der Waals surface area contributed by atoms with Crippen molar-refractivity contribution in [2.24, 2.45) is 0 Å². The lowest BCUT2D eigenvalue weighted by atomic mass is 10.1. The Morgan fingerprint density at radius 1 is 0.944 bits per heavy atom. The Kier molecular flexibility index (Phi) is 7.55. The van der Waals surface area contributed by atoms with Gasteiger partial charge in [0.25, 0.3) is 0 Å². The maximum atomic E-state index is 5.34. The highest BCUT2D eigenvalue weighted by molar-refractivity contribution is 5.85. The van der Waals surface area contributed by atoms with Gasteiger partial charge >= 0.3 is 0 Å². The lowest BCUT2D eigenvalue weighted by molar-refractivity contribution is 0.347. The van der Waals surface area contributed by atoms with Crippen molar-refractivity contribution in [3.8, 4) is 17.2 Å². The average molecular weight is 276 g/mol. The first kappa shape index (κ1) is 16.9. The van der Waals surface area contributed by atoms with Gasteiger partial charge in [-0.25, -0.2) is 0 Å². The van der Waals surface area contributed by atoms with Crippen LogP contribution >= 0.6 is 12.4 Å². The first-order valence-corrected chi connectivity index (χ1v) is 5.64. The minimum Gasteiger partial charge on any atom is -0.496 e. The van der Waals surface area contributed by atoms with Gasteiger partial charge in [-0.1, -0.05) is 13.8 Å². The summed E-state index contributed by atoms with van der Waals surface area (Å²) in [4.78, 5) is 0. The molecular weight excluding hydrogens is 254 g/mol. The molecule has 1 aromatic rings. The van der Waals surface area contributed by atoms with E-state index in [0.29, 0.717) is 17.5 Å². The molecule has 0 amide bonds. The summed E-state index contributed by atoms with van der Waals surface area (Å²) in [5, 5.41) is 3.35. The zero-order valence-electron chi connectivity index (χ0n) is 11.6. The van der Waals surface area contributed by atoms with Crippen molar-refractivity contribution < 1.29 is 14.2 Å². The van der Waals surface area contributed by atoms with Crippen molar-refractivity contribution >= 4 is 12.4 Å². The van der Waals surface area contributed by atoms with Crippen molar-refractivity contribution in [2.75, 3.05) is 21.3 Å². The summed E-state index contributed by atoms with van der Waals surface area (Å²) >= 11 is 0. The molecule has 1 N–H and O–H groups in total. The lowest BCUT2D eigenvalue weighted by Crippen LogP contribution is -2.22. The van der Waals surface area contributed by atoms with Crippen LogP contribution in [0.25, 0.3) is 0 Å². The molecule has 0 aliphatic heterocycles. The van der Waals surface area contributed by atoms with Crippen molar-refractivity contribution in [3.63, 3.8) is 0 Å². The number of rotatable bonds is 6. The van der Waals surface area contributed by atoms with Gasteiger partial charge in [-0.2, -0.15) is 0 Å². The van der Waals surface area contributed by atoms with Crippen LogP contribution in [0.1, 0.15) is 19.4 Å². The second-order valence-electron chi connectivity index (χ2n) is 4.05. The molecule has 4 nitrogen and oxygen atoms in total. The second-order valence-corrected chi connectivity index (χ2v) is 4.05. The number of benzene rings is 1. The van der Waals surface area contributed by atoms with E-state index in [1.807, 2.05) is 12.1 Å². The summed E-state index contributed by atoms with van der Waals surface area (Å²) in [6, 6.07) is 4.20. The topological polar surface area (TPSA) is 39.7 Å².